The van der Waals surface area contributed by atoms with Crippen molar-refractivity contribution in [3.8, 4) is 0 Å². The Morgan fingerprint density at radius 2 is 2.25 bits per heavy atom. The largest absolute Gasteiger partial charge is 0.353 e. The Bertz CT molecular complexity index is 471. The summed E-state index contributed by atoms with van der Waals surface area (Å²) in [5.74, 6) is 1.37. The molecule has 1 saturated heterocycles. The third-order valence-corrected chi connectivity index (χ3v) is 5.55. The standard InChI is InChI=1S/C16H22N2OS/c19-16(18-11-13-6-3-4-10-20-13)15-14-7-2-1-5-12(14)8-9-17-15/h1-2,5,7,13,15,17H,3-4,6,8-11H2,(H,18,19). The fraction of sp³-hybridized carbons (Fsp3) is 0.562. The van der Waals surface area contributed by atoms with Crippen LogP contribution in [0.5, 0.6) is 0 Å². The molecule has 2 atom stereocenters. The lowest BCUT2D eigenvalue weighted by molar-refractivity contribution is -0.123. The molecule has 0 saturated carbocycles. The van der Waals surface area contributed by atoms with Gasteiger partial charge in [0.2, 0.25) is 5.91 Å². The van der Waals surface area contributed by atoms with Gasteiger partial charge in [0, 0.05) is 18.3 Å². The average Bonchev–Trinajstić information content (AvgIpc) is 2.53. The van der Waals surface area contributed by atoms with Crippen LogP contribution in [0.4, 0.5) is 0 Å². The van der Waals surface area contributed by atoms with Crippen molar-refractivity contribution in [2.24, 2.45) is 0 Å². The molecule has 4 heteroatoms. The van der Waals surface area contributed by atoms with Gasteiger partial charge in [-0.2, -0.15) is 11.8 Å². The van der Waals surface area contributed by atoms with Crippen LogP contribution in [0, 0.1) is 0 Å². The monoisotopic (exact) mass is 290 g/mol. The lowest BCUT2D eigenvalue weighted by atomic mass is 9.94. The van der Waals surface area contributed by atoms with Crippen LogP contribution in [0.15, 0.2) is 24.3 Å². The van der Waals surface area contributed by atoms with Crippen LogP contribution in [0.3, 0.4) is 0 Å². The van der Waals surface area contributed by atoms with Gasteiger partial charge in [-0.1, -0.05) is 30.7 Å². The number of amides is 1. The Labute approximate surface area is 124 Å². The Morgan fingerprint density at radius 3 is 3.10 bits per heavy atom. The van der Waals surface area contributed by atoms with Crippen molar-refractivity contribution in [1.29, 1.82) is 0 Å². The number of hydrogen-bond acceptors (Lipinski definition) is 3. The molecule has 1 aromatic carbocycles. The third kappa shape index (κ3) is 3.18. The summed E-state index contributed by atoms with van der Waals surface area (Å²) >= 11 is 2.00. The Kier molecular flexibility index (Phi) is 4.63. The molecule has 0 bridgehead atoms. The normalized spacial score (nSPS) is 25.8. The number of hydrogen-bond donors (Lipinski definition) is 2. The molecule has 1 aromatic rings. The van der Waals surface area contributed by atoms with Gasteiger partial charge in [-0.3, -0.25) is 4.79 Å². The summed E-state index contributed by atoms with van der Waals surface area (Å²) in [5.41, 5.74) is 2.45. The van der Waals surface area contributed by atoms with Crippen LogP contribution in [0.2, 0.25) is 0 Å². The van der Waals surface area contributed by atoms with Gasteiger partial charge in [0.1, 0.15) is 6.04 Å². The van der Waals surface area contributed by atoms with Crippen molar-refractivity contribution in [2.75, 3.05) is 18.8 Å². The molecule has 108 valence electrons. The van der Waals surface area contributed by atoms with E-state index in [1.54, 1.807) is 0 Å². The highest BCUT2D eigenvalue weighted by molar-refractivity contribution is 7.99. The van der Waals surface area contributed by atoms with Crippen molar-refractivity contribution in [2.45, 2.75) is 37.0 Å². The molecule has 2 aliphatic heterocycles. The fourth-order valence-electron chi connectivity index (χ4n) is 3.02. The molecule has 2 unspecified atom stereocenters. The van der Waals surface area contributed by atoms with E-state index in [-0.39, 0.29) is 11.9 Å². The second kappa shape index (κ2) is 6.64. The van der Waals surface area contributed by atoms with Gasteiger partial charge in [0.05, 0.1) is 0 Å². The van der Waals surface area contributed by atoms with Crippen molar-refractivity contribution in [3.63, 3.8) is 0 Å². The van der Waals surface area contributed by atoms with Crippen LogP contribution < -0.4 is 10.6 Å². The van der Waals surface area contributed by atoms with E-state index in [2.05, 4.69) is 28.8 Å². The number of benzene rings is 1. The van der Waals surface area contributed by atoms with E-state index in [0.717, 1.165) is 25.1 Å². The number of thioether (sulfide) groups is 1. The highest BCUT2D eigenvalue weighted by atomic mass is 32.2. The van der Waals surface area contributed by atoms with Crippen LogP contribution in [0.25, 0.3) is 0 Å². The van der Waals surface area contributed by atoms with Crippen LogP contribution in [-0.2, 0) is 11.2 Å². The number of fused-ring (bicyclic) bond motifs is 1. The average molecular weight is 290 g/mol. The molecule has 2 aliphatic rings. The summed E-state index contributed by atoms with van der Waals surface area (Å²) in [6.07, 6.45) is 4.88. The number of nitrogens with one attached hydrogen (secondary N) is 2. The fourth-order valence-corrected chi connectivity index (χ4v) is 4.26. The Balaban J connectivity index is 1.60. The van der Waals surface area contributed by atoms with Crippen LogP contribution >= 0.6 is 11.8 Å². The topological polar surface area (TPSA) is 41.1 Å². The van der Waals surface area contributed by atoms with Gasteiger partial charge in [-0.05, 0) is 36.1 Å². The molecule has 3 rings (SSSR count). The van der Waals surface area contributed by atoms with Crippen LogP contribution in [-0.4, -0.2) is 30.0 Å². The van der Waals surface area contributed by atoms with Gasteiger partial charge in [0.25, 0.3) is 0 Å². The molecular formula is C16H22N2OS. The molecule has 1 amide bonds. The first-order valence-electron chi connectivity index (χ1n) is 7.55. The lowest BCUT2D eigenvalue weighted by Crippen LogP contribution is -2.43. The molecule has 0 aromatic heterocycles. The SMILES string of the molecule is O=C(NCC1CCCCS1)C1NCCc2ccccc21. The number of rotatable bonds is 3. The quantitative estimate of drug-likeness (QED) is 0.897. The van der Waals surface area contributed by atoms with Crippen molar-refractivity contribution in [3.05, 3.63) is 35.4 Å². The number of carbonyl (C=O) groups excluding carboxylic acids is 1. The summed E-state index contributed by atoms with van der Waals surface area (Å²) in [6, 6.07) is 8.10. The lowest BCUT2D eigenvalue weighted by Gasteiger charge is -2.27. The van der Waals surface area contributed by atoms with Crippen molar-refractivity contribution in [1.82, 2.24) is 10.6 Å². The first-order valence-corrected chi connectivity index (χ1v) is 8.60. The molecule has 3 nitrogen and oxygen atoms in total. The van der Waals surface area contributed by atoms with Gasteiger partial charge >= 0.3 is 0 Å². The third-order valence-electron chi connectivity index (χ3n) is 4.15. The molecule has 1 fully saturated rings. The zero-order valence-corrected chi connectivity index (χ0v) is 12.5. The molecular weight excluding hydrogens is 268 g/mol. The zero-order chi connectivity index (χ0) is 13.8. The predicted octanol–water partition coefficient (Wildman–Crippen LogP) is 2.28. The summed E-state index contributed by atoms with van der Waals surface area (Å²) in [6.45, 7) is 1.69. The molecule has 2 N–H and O–H groups in total. The molecule has 20 heavy (non-hydrogen) atoms. The molecule has 0 radical (unpaired) electrons. The minimum absolute atomic E-state index is 0.128. The summed E-state index contributed by atoms with van der Waals surface area (Å²) in [7, 11) is 0. The van der Waals surface area contributed by atoms with E-state index in [1.165, 1.54) is 30.6 Å². The van der Waals surface area contributed by atoms with E-state index >= 15 is 0 Å². The molecule has 2 heterocycles. The van der Waals surface area contributed by atoms with E-state index < -0.39 is 0 Å². The second-order valence-corrected chi connectivity index (χ2v) is 6.98. The zero-order valence-electron chi connectivity index (χ0n) is 11.7. The maximum Gasteiger partial charge on any atom is 0.241 e. The minimum Gasteiger partial charge on any atom is -0.353 e. The predicted molar refractivity (Wildman–Crippen MR) is 84.0 cm³/mol. The first-order chi connectivity index (χ1) is 9.84. The second-order valence-electron chi connectivity index (χ2n) is 5.57. The number of carbonyl (C=O) groups is 1. The first kappa shape index (κ1) is 14.0. The summed E-state index contributed by atoms with van der Waals surface area (Å²) in [5, 5.41) is 7.09. The van der Waals surface area contributed by atoms with Gasteiger partial charge in [-0.25, -0.2) is 0 Å². The Hall–Kier alpha value is -1.00. The molecule has 0 aliphatic carbocycles. The molecule has 0 spiro atoms. The van der Waals surface area contributed by atoms with Crippen molar-refractivity contribution < 1.29 is 4.79 Å². The smallest absolute Gasteiger partial charge is 0.241 e. The van der Waals surface area contributed by atoms with E-state index in [1.807, 2.05) is 17.8 Å². The van der Waals surface area contributed by atoms with Crippen molar-refractivity contribution >= 4 is 17.7 Å². The van der Waals surface area contributed by atoms with Gasteiger partial charge < -0.3 is 10.6 Å². The Morgan fingerprint density at radius 1 is 1.35 bits per heavy atom. The highest BCUT2D eigenvalue weighted by Gasteiger charge is 2.26. The summed E-state index contributed by atoms with van der Waals surface area (Å²) < 4.78 is 0. The highest BCUT2D eigenvalue weighted by Crippen LogP contribution is 2.25. The van der Waals surface area contributed by atoms with Crippen LogP contribution in [0.1, 0.15) is 36.4 Å². The maximum atomic E-state index is 12.4. The van der Waals surface area contributed by atoms with E-state index in [9.17, 15) is 4.79 Å². The van der Waals surface area contributed by atoms with Gasteiger partial charge in [0.15, 0.2) is 0 Å². The maximum absolute atomic E-state index is 12.4. The minimum atomic E-state index is -0.173. The summed E-state index contributed by atoms with van der Waals surface area (Å²) in [4.78, 5) is 12.4. The van der Waals surface area contributed by atoms with E-state index in [4.69, 9.17) is 0 Å². The van der Waals surface area contributed by atoms with E-state index in [0.29, 0.717) is 5.25 Å². The van der Waals surface area contributed by atoms with Gasteiger partial charge in [-0.15, -0.1) is 0 Å².